The van der Waals surface area contributed by atoms with Gasteiger partial charge in [-0.3, -0.25) is 4.79 Å². The average molecular weight is 1210 g/mol. The van der Waals surface area contributed by atoms with Crippen molar-refractivity contribution >= 4 is 5.91 Å². The predicted octanol–water partition coefficient (Wildman–Crippen LogP) is 20.2. The quantitative estimate of drug-likeness (QED) is 0.0261. The number of aliphatic hydroxyl groups excluding tert-OH is 5. The third kappa shape index (κ3) is 54.1. The first-order valence-corrected chi connectivity index (χ1v) is 36.3. The number of rotatable bonds is 62. The molecule has 87 heavy (non-hydrogen) atoms. The highest BCUT2D eigenvalue weighted by atomic mass is 16.7. The van der Waals surface area contributed by atoms with E-state index in [1.807, 2.05) is 6.08 Å². The van der Waals surface area contributed by atoms with Crippen molar-refractivity contribution in [1.82, 2.24) is 5.32 Å². The van der Waals surface area contributed by atoms with E-state index in [-0.39, 0.29) is 12.5 Å². The Balaban J connectivity index is 2.14. The number of allylic oxidation sites excluding steroid dienone is 19. The summed E-state index contributed by atoms with van der Waals surface area (Å²) in [6.45, 7) is 3.69. The molecular formula is C78H135NO8. The van der Waals surface area contributed by atoms with Gasteiger partial charge in [-0.25, -0.2) is 0 Å². The summed E-state index contributed by atoms with van der Waals surface area (Å²) < 4.78 is 11.3. The minimum Gasteiger partial charge on any atom is -0.394 e. The third-order valence-corrected chi connectivity index (χ3v) is 16.5. The number of nitrogens with one attached hydrogen (secondary N) is 1. The van der Waals surface area contributed by atoms with Crippen LogP contribution in [0.25, 0.3) is 0 Å². The third-order valence-electron chi connectivity index (χ3n) is 16.5. The average Bonchev–Trinajstić information content (AvgIpc) is 3.38. The highest BCUT2D eigenvalue weighted by molar-refractivity contribution is 5.76. The summed E-state index contributed by atoms with van der Waals surface area (Å²) in [4.78, 5) is 13.1. The minimum atomic E-state index is -1.57. The van der Waals surface area contributed by atoms with Gasteiger partial charge in [0.15, 0.2) is 6.29 Å². The molecule has 1 heterocycles. The van der Waals surface area contributed by atoms with Crippen LogP contribution in [-0.2, 0) is 14.3 Å². The molecule has 7 atom stereocenters. The summed E-state index contributed by atoms with van der Waals surface area (Å²) in [5.74, 6) is -0.181. The molecule has 1 saturated heterocycles. The first-order chi connectivity index (χ1) is 42.8. The van der Waals surface area contributed by atoms with Crippen molar-refractivity contribution in [1.29, 1.82) is 0 Å². The van der Waals surface area contributed by atoms with Gasteiger partial charge < -0.3 is 40.3 Å². The molecule has 7 unspecified atom stereocenters. The molecule has 1 aliphatic rings. The van der Waals surface area contributed by atoms with Crippen molar-refractivity contribution in [3.8, 4) is 0 Å². The molecule has 500 valence electrons. The lowest BCUT2D eigenvalue weighted by Crippen LogP contribution is -2.60. The maximum atomic E-state index is 13.1. The van der Waals surface area contributed by atoms with Crippen LogP contribution in [0.4, 0.5) is 0 Å². The molecule has 0 aliphatic carbocycles. The Morgan fingerprint density at radius 1 is 0.402 bits per heavy atom. The Morgan fingerprint density at radius 2 is 0.713 bits per heavy atom. The predicted molar refractivity (Wildman–Crippen MR) is 373 cm³/mol. The van der Waals surface area contributed by atoms with Crippen LogP contribution in [0.2, 0.25) is 0 Å². The lowest BCUT2D eigenvalue weighted by atomic mass is 9.99. The molecule has 0 bridgehead atoms. The lowest BCUT2D eigenvalue weighted by Gasteiger charge is -2.40. The van der Waals surface area contributed by atoms with Gasteiger partial charge in [-0.15, -0.1) is 0 Å². The maximum Gasteiger partial charge on any atom is 0.220 e. The van der Waals surface area contributed by atoms with Crippen molar-refractivity contribution < 1.29 is 39.8 Å². The molecule has 0 saturated carbocycles. The molecule has 0 aromatic carbocycles. The van der Waals surface area contributed by atoms with Crippen LogP contribution >= 0.6 is 0 Å². The summed E-state index contributed by atoms with van der Waals surface area (Å²) >= 11 is 0. The molecule has 1 rings (SSSR count). The molecule has 0 aromatic rings. The smallest absolute Gasteiger partial charge is 0.220 e. The summed E-state index contributed by atoms with van der Waals surface area (Å²) in [6.07, 6.45) is 91.5. The molecular weight excluding hydrogens is 1080 g/mol. The van der Waals surface area contributed by atoms with Crippen LogP contribution in [0.5, 0.6) is 0 Å². The molecule has 1 amide bonds. The Hall–Kier alpha value is -3.41. The van der Waals surface area contributed by atoms with E-state index in [0.717, 1.165) is 103 Å². The van der Waals surface area contributed by atoms with E-state index in [9.17, 15) is 30.3 Å². The molecule has 9 nitrogen and oxygen atoms in total. The van der Waals surface area contributed by atoms with Crippen LogP contribution in [0.1, 0.15) is 309 Å². The van der Waals surface area contributed by atoms with Gasteiger partial charge in [0.1, 0.15) is 24.4 Å². The zero-order valence-corrected chi connectivity index (χ0v) is 56.0. The Morgan fingerprint density at radius 3 is 1.06 bits per heavy atom. The SMILES string of the molecule is CC/C=C\C/C=C\C/C=C\C/C=C\C/C=C\C/C=C\C/C=C\C/C=C\C/C=C\CCCCCCCCCCCCCC(=O)NC(COC1OC(CO)C(O)C(O)C1O)C(O)/C=C/CCCCCCCCCCCCCCCCCCCCCCCCC. The van der Waals surface area contributed by atoms with Gasteiger partial charge in [-0.1, -0.05) is 334 Å². The fourth-order valence-corrected chi connectivity index (χ4v) is 10.9. The Labute approximate surface area is 535 Å². The number of ether oxygens (including phenoxy) is 2. The zero-order chi connectivity index (χ0) is 62.8. The summed E-state index contributed by atoms with van der Waals surface area (Å²) in [5.41, 5.74) is 0. The van der Waals surface area contributed by atoms with Crippen molar-refractivity contribution in [2.24, 2.45) is 0 Å². The number of amides is 1. The molecule has 1 aliphatic heterocycles. The van der Waals surface area contributed by atoms with Crippen LogP contribution in [-0.4, -0.2) is 87.5 Å². The van der Waals surface area contributed by atoms with E-state index >= 15 is 0 Å². The number of hydrogen-bond donors (Lipinski definition) is 6. The van der Waals surface area contributed by atoms with E-state index in [4.69, 9.17) is 9.47 Å². The molecule has 9 heteroatoms. The summed E-state index contributed by atoms with van der Waals surface area (Å²) in [7, 11) is 0. The van der Waals surface area contributed by atoms with Gasteiger partial charge in [-0.05, 0) is 89.9 Å². The highest BCUT2D eigenvalue weighted by Crippen LogP contribution is 2.23. The van der Waals surface area contributed by atoms with E-state index in [0.29, 0.717) is 6.42 Å². The molecule has 1 fully saturated rings. The van der Waals surface area contributed by atoms with Crippen LogP contribution in [0.3, 0.4) is 0 Å². The van der Waals surface area contributed by atoms with Gasteiger partial charge in [0.25, 0.3) is 0 Å². The van der Waals surface area contributed by atoms with Crippen LogP contribution < -0.4 is 5.32 Å². The van der Waals surface area contributed by atoms with Gasteiger partial charge >= 0.3 is 0 Å². The molecule has 0 aromatic heterocycles. The largest absolute Gasteiger partial charge is 0.394 e. The molecule has 6 N–H and O–H groups in total. The summed E-state index contributed by atoms with van der Waals surface area (Å²) in [6, 6.07) is -0.816. The minimum absolute atomic E-state index is 0.181. The zero-order valence-electron chi connectivity index (χ0n) is 56.0. The second kappa shape index (κ2) is 65.5. The van der Waals surface area contributed by atoms with Crippen LogP contribution in [0.15, 0.2) is 122 Å². The number of hydrogen-bond acceptors (Lipinski definition) is 8. The fourth-order valence-electron chi connectivity index (χ4n) is 10.9. The second-order valence-electron chi connectivity index (χ2n) is 24.7. The maximum absolute atomic E-state index is 13.1. The standard InChI is InChI=1S/C78H135NO8/c1-3-5-7-9-11-13-15-17-19-21-23-25-27-29-30-31-32-33-34-35-36-37-38-39-40-41-42-44-46-48-50-52-54-56-58-60-62-64-66-68-74(82)79-71(70-86-78-77(85)76(84)75(83)73(69-80)87-78)72(81)67-65-63-61-59-57-55-53-51-49-47-45-43-28-26-24-22-20-18-16-14-12-10-8-6-4-2/h5,7,11,13,17,19,23,25,29-30,32-33,35-36,38-39,41-42,65,67,71-73,75-78,80-81,83-85H,3-4,6,8-10,12,14-16,18,20-22,24,26-28,31,34,37,40,43-64,66,68-70H2,1-2H3,(H,79,82)/b7-5-,13-11-,19-17-,25-23-,30-29-,33-32-,36-35-,39-38-,42-41-,67-65+. The molecule has 0 radical (unpaired) electrons. The lowest BCUT2D eigenvalue weighted by molar-refractivity contribution is -0.302. The van der Waals surface area contributed by atoms with Gasteiger partial charge in [0, 0.05) is 6.42 Å². The first-order valence-electron chi connectivity index (χ1n) is 36.3. The van der Waals surface area contributed by atoms with Crippen molar-refractivity contribution in [3.05, 3.63) is 122 Å². The first kappa shape index (κ1) is 81.6. The number of unbranched alkanes of at least 4 members (excludes halogenated alkanes) is 34. The van der Waals surface area contributed by atoms with Gasteiger partial charge in [-0.2, -0.15) is 0 Å². The highest BCUT2D eigenvalue weighted by Gasteiger charge is 2.44. The number of carbonyl (C=O) groups is 1. The topological polar surface area (TPSA) is 149 Å². The second-order valence-corrected chi connectivity index (χ2v) is 24.7. The van der Waals surface area contributed by atoms with E-state index in [2.05, 4.69) is 129 Å². The van der Waals surface area contributed by atoms with E-state index in [1.165, 1.54) is 186 Å². The normalized spacial score (nSPS) is 18.7. The van der Waals surface area contributed by atoms with Gasteiger partial charge in [0.2, 0.25) is 5.91 Å². The van der Waals surface area contributed by atoms with Crippen molar-refractivity contribution in [2.75, 3.05) is 13.2 Å². The van der Waals surface area contributed by atoms with E-state index in [1.54, 1.807) is 6.08 Å². The summed E-state index contributed by atoms with van der Waals surface area (Å²) in [5, 5.41) is 54.8. The number of carbonyl (C=O) groups excluding carboxylic acids is 1. The fraction of sp³-hybridized carbons (Fsp3) is 0.731. The van der Waals surface area contributed by atoms with Crippen LogP contribution in [0, 0.1) is 0 Å². The van der Waals surface area contributed by atoms with Gasteiger partial charge in [0.05, 0.1) is 25.4 Å². The van der Waals surface area contributed by atoms with Crippen molar-refractivity contribution in [2.45, 2.75) is 352 Å². The number of aliphatic hydroxyl groups is 5. The Bertz CT molecular complexity index is 1790. The Kier molecular flexibility index (Phi) is 61.5. The van der Waals surface area contributed by atoms with Crippen molar-refractivity contribution in [3.63, 3.8) is 0 Å². The monoisotopic (exact) mass is 1210 g/mol. The molecule has 0 spiro atoms. The van der Waals surface area contributed by atoms with E-state index < -0.39 is 49.5 Å².